The van der Waals surface area contributed by atoms with Crippen molar-refractivity contribution in [2.24, 2.45) is 5.92 Å². The second-order valence-corrected chi connectivity index (χ2v) is 6.47. The van der Waals surface area contributed by atoms with Gasteiger partial charge < -0.3 is 5.11 Å². The summed E-state index contributed by atoms with van der Waals surface area (Å²) in [7, 11) is -4.16. The zero-order chi connectivity index (χ0) is 14.7. The molecule has 0 heterocycles. The van der Waals surface area contributed by atoms with Gasteiger partial charge in [0.25, 0.3) is 5.92 Å². The number of halogens is 2. The average Bonchev–Trinajstić information content (AvgIpc) is 2.27. The van der Waals surface area contributed by atoms with E-state index >= 15 is 0 Å². The highest BCUT2D eigenvalue weighted by Crippen LogP contribution is 2.29. The largest absolute Gasteiger partial charge is 0.481 e. The third-order valence-electron chi connectivity index (χ3n) is 2.52. The Hall–Kier alpha value is -1.50. The summed E-state index contributed by atoms with van der Waals surface area (Å²) in [4.78, 5) is 10.6. The standard InChI is InChI=1S/C12H14F2O4S/c1-9(11(15)16)7-19(17,18)8-12(13,14)10-5-3-2-4-6-10/h2-6,9H,7-8H2,1H3,(H,15,16). The second-order valence-electron chi connectivity index (χ2n) is 4.36. The Balaban J connectivity index is 2.86. The number of hydrogen-bond acceptors (Lipinski definition) is 3. The first-order chi connectivity index (χ1) is 8.64. The van der Waals surface area contributed by atoms with Crippen molar-refractivity contribution in [3.8, 4) is 0 Å². The van der Waals surface area contributed by atoms with Crippen molar-refractivity contribution >= 4 is 15.8 Å². The molecule has 0 saturated heterocycles. The van der Waals surface area contributed by atoms with E-state index in [4.69, 9.17) is 5.11 Å². The minimum Gasteiger partial charge on any atom is -0.481 e. The van der Waals surface area contributed by atoms with Crippen LogP contribution in [0.4, 0.5) is 8.78 Å². The lowest BCUT2D eigenvalue weighted by Crippen LogP contribution is -2.31. The summed E-state index contributed by atoms with van der Waals surface area (Å²) in [5, 5.41) is 8.61. The molecule has 1 atom stereocenters. The summed E-state index contributed by atoms with van der Waals surface area (Å²) in [5.41, 5.74) is -0.401. The van der Waals surface area contributed by atoms with Crippen LogP contribution in [0.2, 0.25) is 0 Å². The maximum absolute atomic E-state index is 13.8. The van der Waals surface area contributed by atoms with Gasteiger partial charge in [-0.3, -0.25) is 4.79 Å². The number of carboxylic acids is 1. The fraction of sp³-hybridized carbons (Fsp3) is 0.417. The molecule has 0 spiro atoms. The van der Waals surface area contributed by atoms with Gasteiger partial charge in [-0.25, -0.2) is 17.2 Å². The van der Waals surface area contributed by atoms with Gasteiger partial charge in [0.05, 0.1) is 11.7 Å². The lowest BCUT2D eigenvalue weighted by Gasteiger charge is -2.17. The molecule has 1 aromatic rings. The molecule has 1 N–H and O–H groups in total. The van der Waals surface area contributed by atoms with Crippen LogP contribution in [0.5, 0.6) is 0 Å². The first-order valence-electron chi connectivity index (χ1n) is 5.50. The molecule has 1 aromatic carbocycles. The summed E-state index contributed by atoms with van der Waals surface area (Å²) in [6.45, 7) is 1.17. The minimum absolute atomic E-state index is 0.401. The third kappa shape index (κ3) is 4.59. The molecular weight excluding hydrogens is 278 g/mol. The fourth-order valence-corrected chi connectivity index (χ4v) is 3.29. The van der Waals surface area contributed by atoms with Gasteiger partial charge in [0, 0.05) is 5.56 Å². The summed E-state index contributed by atoms with van der Waals surface area (Å²) in [5.74, 6) is -8.26. The molecule has 7 heteroatoms. The van der Waals surface area contributed by atoms with Gasteiger partial charge in [0.15, 0.2) is 9.84 Å². The Morgan fingerprint density at radius 2 is 1.84 bits per heavy atom. The van der Waals surface area contributed by atoms with Crippen molar-refractivity contribution < 1.29 is 27.1 Å². The lowest BCUT2D eigenvalue weighted by atomic mass is 10.1. The highest BCUT2D eigenvalue weighted by molar-refractivity contribution is 7.91. The van der Waals surface area contributed by atoms with Crippen molar-refractivity contribution in [1.82, 2.24) is 0 Å². The molecule has 0 radical (unpaired) electrons. The van der Waals surface area contributed by atoms with E-state index in [1.165, 1.54) is 19.1 Å². The van der Waals surface area contributed by atoms with Crippen molar-refractivity contribution in [1.29, 1.82) is 0 Å². The van der Waals surface area contributed by atoms with Crippen LogP contribution in [0, 0.1) is 5.92 Å². The Kier molecular flexibility index (Phi) is 4.62. The number of benzene rings is 1. The first-order valence-corrected chi connectivity index (χ1v) is 7.33. The monoisotopic (exact) mass is 292 g/mol. The van der Waals surface area contributed by atoms with Gasteiger partial charge >= 0.3 is 5.97 Å². The average molecular weight is 292 g/mol. The maximum atomic E-state index is 13.8. The van der Waals surface area contributed by atoms with Crippen LogP contribution in [0.15, 0.2) is 30.3 Å². The number of aliphatic carboxylic acids is 1. The van der Waals surface area contributed by atoms with E-state index in [9.17, 15) is 22.0 Å². The van der Waals surface area contributed by atoms with Crippen LogP contribution in [-0.4, -0.2) is 31.0 Å². The highest BCUT2D eigenvalue weighted by atomic mass is 32.2. The Morgan fingerprint density at radius 3 is 2.32 bits per heavy atom. The Bertz CT molecular complexity index is 540. The van der Waals surface area contributed by atoms with E-state index in [0.29, 0.717) is 0 Å². The third-order valence-corrected chi connectivity index (χ3v) is 4.33. The van der Waals surface area contributed by atoms with E-state index in [-0.39, 0.29) is 0 Å². The number of alkyl halides is 2. The van der Waals surface area contributed by atoms with Gasteiger partial charge in [-0.2, -0.15) is 0 Å². The Labute approximate surface area is 110 Å². The number of carbonyl (C=O) groups is 1. The molecule has 0 aliphatic rings. The molecule has 106 valence electrons. The topological polar surface area (TPSA) is 71.4 Å². The van der Waals surface area contributed by atoms with Crippen molar-refractivity contribution in [3.63, 3.8) is 0 Å². The van der Waals surface area contributed by atoms with E-state index in [1.54, 1.807) is 6.07 Å². The molecule has 0 fully saturated rings. The second kappa shape index (κ2) is 5.64. The van der Waals surface area contributed by atoms with Crippen LogP contribution in [0.3, 0.4) is 0 Å². The van der Waals surface area contributed by atoms with Gasteiger partial charge in [0.2, 0.25) is 0 Å². The number of carboxylic acid groups (broad SMARTS) is 1. The molecule has 0 aliphatic heterocycles. The molecule has 19 heavy (non-hydrogen) atoms. The zero-order valence-corrected chi connectivity index (χ0v) is 11.0. The normalized spacial score (nSPS) is 14.1. The predicted molar refractivity (Wildman–Crippen MR) is 65.8 cm³/mol. The van der Waals surface area contributed by atoms with Gasteiger partial charge in [-0.15, -0.1) is 0 Å². The quantitative estimate of drug-likeness (QED) is 0.869. The lowest BCUT2D eigenvalue weighted by molar-refractivity contribution is -0.140. The molecule has 0 aliphatic carbocycles. The van der Waals surface area contributed by atoms with Gasteiger partial charge in [0.1, 0.15) is 5.75 Å². The SMILES string of the molecule is CC(CS(=O)(=O)CC(F)(F)c1ccccc1)C(=O)O. The van der Waals surface area contributed by atoms with Crippen LogP contribution in [0.1, 0.15) is 12.5 Å². The van der Waals surface area contributed by atoms with E-state index in [1.807, 2.05) is 0 Å². The Morgan fingerprint density at radius 1 is 1.32 bits per heavy atom. The smallest absolute Gasteiger partial charge is 0.307 e. The minimum atomic E-state index is -4.16. The summed E-state index contributed by atoms with van der Waals surface area (Å²) >= 11 is 0. The van der Waals surface area contributed by atoms with Crippen LogP contribution in [-0.2, 0) is 20.6 Å². The summed E-state index contributed by atoms with van der Waals surface area (Å²) in [6.07, 6.45) is 0. The molecule has 0 bridgehead atoms. The van der Waals surface area contributed by atoms with E-state index < -0.39 is 44.7 Å². The number of rotatable bonds is 6. The molecule has 0 amide bonds. The molecule has 1 unspecified atom stereocenters. The van der Waals surface area contributed by atoms with E-state index in [0.717, 1.165) is 12.1 Å². The van der Waals surface area contributed by atoms with Crippen LogP contribution >= 0.6 is 0 Å². The first kappa shape index (κ1) is 15.6. The molecular formula is C12H14F2O4S. The number of hydrogen-bond donors (Lipinski definition) is 1. The van der Waals surface area contributed by atoms with Gasteiger partial charge in [-0.1, -0.05) is 37.3 Å². The van der Waals surface area contributed by atoms with Crippen molar-refractivity contribution in [2.45, 2.75) is 12.8 Å². The highest BCUT2D eigenvalue weighted by Gasteiger charge is 2.38. The summed E-state index contributed by atoms with van der Waals surface area (Å²) in [6, 6.07) is 6.58. The summed E-state index contributed by atoms with van der Waals surface area (Å²) < 4.78 is 50.7. The van der Waals surface area contributed by atoms with Crippen LogP contribution < -0.4 is 0 Å². The maximum Gasteiger partial charge on any atom is 0.307 e. The predicted octanol–water partition coefficient (Wildman–Crippen LogP) is 1.91. The van der Waals surface area contributed by atoms with Gasteiger partial charge in [-0.05, 0) is 0 Å². The molecule has 1 rings (SSSR count). The molecule has 0 saturated carbocycles. The number of sulfone groups is 1. The van der Waals surface area contributed by atoms with Crippen molar-refractivity contribution in [3.05, 3.63) is 35.9 Å². The molecule has 4 nitrogen and oxygen atoms in total. The van der Waals surface area contributed by atoms with E-state index in [2.05, 4.69) is 0 Å². The molecule has 0 aromatic heterocycles. The zero-order valence-electron chi connectivity index (χ0n) is 10.2. The van der Waals surface area contributed by atoms with Crippen molar-refractivity contribution in [2.75, 3.05) is 11.5 Å². The fourth-order valence-electron chi connectivity index (χ4n) is 1.55. The van der Waals surface area contributed by atoms with Crippen LogP contribution in [0.25, 0.3) is 0 Å².